The second-order valence-electron chi connectivity index (χ2n) is 12.8. The number of thioether (sulfide) groups is 1. The molecule has 0 fully saturated rings. The van der Waals surface area contributed by atoms with Gasteiger partial charge in [-0.3, -0.25) is 9.59 Å². The van der Waals surface area contributed by atoms with Crippen LogP contribution < -0.4 is 0 Å². The van der Waals surface area contributed by atoms with Crippen LogP contribution in [0.1, 0.15) is 120 Å². The van der Waals surface area contributed by atoms with Crippen molar-refractivity contribution in [1.82, 2.24) is 0 Å². The highest BCUT2D eigenvalue weighted by atomic mass is 32.2. The number of aliphatic hydroxyl groups excluding tert-OH is 1. The Morgan fingerprint density at radius 1 is 0.952 bits per heavy atom. The zero-order valence-electron chi connectivity index (χ0n) is 28.7. The predicted molar refractivity (Wildman–Crippen MR) is 177 cm³/mol. The molecule has 0 bridgehead atoms. The number of hydrogen-bond donors (Lipinski definition) is 1. The molecule has 4 atom stereocenters. The monoisotopic (exact) mass is 607 g/mol. The molecule has 0 saturated heterocycles. The number of esters is 2. The first-order chi connectivity index (χ1) is 19.5. The van der Waals surface area contributed by atoms with Gasteiger partial charge in [-0.25, -0.2) is 0 Å². The molecule has 0 aliphatic carbocycles. The SMILES string of the molecule is CCC(C)(C)C(C)c1ccccc1.CCC(C)C#N.CCCC(C)(C(=O)OCC(O)COC(=O)CSCC)C(C)(C)C. The lowest BCUT2D eigenvalue weighted by molar-refractivity contribution is -0.167. The number of nitriles is 1. The highest BCUT2D eigenvalue weighted by Crippen LogP contribution is 2.43. The summed E-state index contributed by atoms with van der Waals surface area (Å²) in [4.78, 5) is 23.8. The molecule has 0 heterocycles. The molecule has 7 heteroatoms. The van der Waals surface area contributed by atoms with E-state index in [1.54, 1.807) is 0 Å². The van der Waals surface area contributed by atoms with E-state index in [9.17, 15) is 14.7 Å². The van der Waals surface area contributed by atoms with Crippen molar-refractivity contribution in [3.8, 4) is 6.07 Å². The summed E-state index contributed by atoms with van der Waals surface area (Å²) in [6.45, 7) is 24.8. The van der Waals surface area contributed by atoms with E-state index >= 15 is 0 Å². The molecule has 1 rings (SSSR count). The number of benzene rings is 1. The smallest absolute Gasteiger partial charge is 0.315 e. The molecular weight excluding hydrogens is 546 g/mol. The molecule has 0 aromatic heterocycles. The highest BCUT2D eigenvalue weighted by molar-refractivity contribution is 7.99. The molecule has 0 amide bonds. The van der Waals surface area contributed by atoms with Crippen molar-refractivity contribution in [3.63, 3.8) is 0 Å². The predicted octanol–water partition coefficient (Wildman–Crippen LogP) is 8.82. The van der Waals surface area contributed by atoms with Gasteiger partial charge in [-0.1, -0.05) is 112 Å². The van der Waals surface area contributed by atoms with Gasteiger partial charge in [0.05, 0.1) is 17.2 Å². The zero-order chi connectivity index (χ0) is 33.0. The van der Waals surface area contributed by atoms with Gasteiger partial charge in [-0.2, -0.15) is 17.0 Å². The van der Waals surface area contributed by atoms with Crippen LogP contribution in [0.2, 0.25) is 0 Å². The van der Waals surface area contributed by atoms with Crippen LogP contribution in [0.15, 0.2) is 30.3 Å². The number of carbonyl (C=O) groups excluding carboxylic acids is 2. The van der Waals surface area contributed by atoms with E-state index in [4.69, 9.17) is 14.7 Å². The Bertz CT molecular complexity index is 906. The number of nitrogens with zero attached hydrogens (tertiary/aromatic N) is 1. The minimum Gasteiger partial charge on any atom is -0.462 e. The van der Waals surface area contributed by atoms with Crippen molar-refractivity contribution in [2.45, 2.75) is 121 Å². The van der Waals surface area contributed by atoms with E-state index in [2.05, 4.69) is 64.1 Å². The Balaban J connectivity index is 0. The summed E-state index contributed by atoms with van der Waals surface area (Å²) in [5.74, 6) is 1.29. The van der Waals surface area contributed by atoms with Crippen LogP contribution in [-0.4, -0.2) is 47.9 Å². The van der Waals surface area contributed by atoms with Crippen LogP contribution >= 0.6 is 11.8 Å². The molecule has 6 nitrogen and oxygen atoms in total. The molecule has 1 N–H and O–H groups in total. The number of aliphatic hydroxyl groups is 1. The summed E-state index contributed by atoms with van der Waals surface area (Å²) >= 11 is 1.46. The lowest BCUT2D eigenvalue weighted by atomic mass is 9.65. The second kappa shape index (κ2) is 21.6. The molecule has 0 radical (unpaired) electrons. The second-order valence-corrected chi connectivity index (χ2v) is 14.1. The van der Waals surface area contributed by atoms with Gasteiger partial charge >= 0.3 is 11.9 Å². The van der Waals surface area contributed by atoms with Gasteiger partial charge in [0.2, 0.25) is 0 Å². The highest BCUT2D eigenvalue weighted by Gasteiger charge is 2.44. The molecular formula is C35H61NO5S. The van der Waals surface area contributed by atoms with Gasteiger partial charge in [-0.15, -0.1) is 0 Å². The maximum absolute atomic E-state index is 12.4. The van der Waals surface area contributed by atoms with E-state index in [-0.39, 0.29) is 42.2 Å². The summed E-state index contributed by atoms with van der Waals surface area (Å²) in [6.07, 6.45) is 2.78. The van der Waals surface area contributed by atoms with Crippen molar-refractivity contribution < 1.29 is 24.2 Å². The Labute approximate surface area is 262 Å². The fourth-order valence-electron chi connectivity index (χ4n) is 3.67. The van der Waals surface area contributed by atoms with Crippen LogP contribution in [0.4, 0.5) is 0 Å². The van der Waals surface area contributed by atoms with Gasteiger partial charge in [0.15, 0.2) is 0 Å². The first kappa shape index (κ1) is 42.1. The Hall–Kier alpha value is -2.04. The standard InChI is InChI=1S/C17H32O5S.C13H20.C5H9N/c1-7-9-17(6,16(3,4)5)15(20)22-11-13(18)10-21-14(19)12-23-8-2;1-5-13(3,4)11(2)12-9-7-6-8-10-12;1-3-5(2)4-6/h13,18H,7-12H2,1-6H3;6-11H,5H2,1-4H3;5H,3H2,1-2H3. The lowest BCUT2D eigenvalue weighted by Gasteiger charge is -2.39. The summed E-state index contributed by atoms with van der Waals surface area (Å²) in [7, 11) is 0. The van der Waals surface area contributed by atoms with Crippen molar-refractivity contribution in [1.29, 1.82) is 5.26 Å². The third kappa shape index (κ3) is 16.6. The van der Waals surface area contributed by atoms with Gasteiger partial charge < -0.3 is 14.6 Å². The quantitative estimate of drug-likeness (QED) is 0.211. The molecule has 1 aromatic carbocycles. The van der Waals surface area contributed by atoms with Crippen molar-refractivity contribution in [2.24, 2.45) is 22.2 Å². The average molecular weight is 608 g/mol. The minimum absolute atomic E-state index is 0.156. The zero-order valence-corrected chi connectivity index (χ0v) is 29.5. The summed E-state index contributed by atoms with van der Waals surface area (Å²) in [6, 6.07) is 12.9. The molecule has 4 unspecified atom stereocenters. The maximum atomic E-state index is 12.4. The number of ether oxygens (including phenoxy) is 2. The summed E-state index contributed by atoms with van der Waals surface area (Å²) < 4.78 is 10.2. The van der Waals surface area contributed by atoms with Crippen molar-refractivity contribution >= 4 is 23.7 Å². The Kier molecular flexibility index (Phi) is 21.7. The van der Waals surface area contributed by atoms with Crippen LogP contribution in [0.3, 0.4) is 0 Å². The fourth-order valence-corrected chi connectivity index (χ4v) is 4.12. The first-order valence-corrected chi connectivity index (χ1v) is 16.7. The van der Waals surface area contributed by atoms with E-state index in [1.807, 2.05) is 55.4 Å². The van der Waals surface area contributed by atoms with Gasteiger partial charge in [0.1, 0.15) is 19.3 Å². The van der Waals surface area contributed by atoms with E-state index in [0.29, 0.717) is 17.8 Å². The van der Waals surface area contributed by atoms with Gasteiger partial charge in [-0.05, 0) is 54.8 Å². The van der Waals surface area contributed by atoms with Gasteiger partial charge in [0.25, 0.3) is 0 Å². The van der Waals surface area contributed by atoms with Crippen LogP contribution in [0, 0.1) is 33.5 Å². The third-order valence-corrected chi connectivity index (χ3v) is 9.19. The lowest BCUT2D eigenvalue weighted by Crippen LogP contribution is -2.42. The van der Waals surface area contributed by atoms with Crippen molar-refractivity contribution in [3.05, 3.63) is 35.9 Å². The molecule has 0 spiro atoms. The average Bonchev–Trinajstić information content (AvgIpc) is 2.97. The van der Waals surface area contributed by atoms with E-state index < -0.39 is 11.5 Å². The molecule has 1 aromatic rings. The molecule has 0 aliphatic heterocycles. The van der Waals surface area contributed by atoms with Crippen LogP contribution in [0.25, 0.3) is 0 Å². The van der Waals surface area contributed by atoms with Gasteiger partial charge in [0, 0.05) is 5.92 Å². The topological polar surface area (TPSA) is 96.6 Å². The Morgan fingerprint density at radius 2 is 1.50 bits per heavy atom. The molecule has 0 saturated carbocycles. The molecule has 242 valence electrons. The number of rotatable bonds is 14. The number of carbonyl (C=O) groups is 2. The third-order valence-electron chi connectivity index (χ3n) is 8.34. The normalized spacial score (nSPS) is 14.8. The summed E-state index contributed by atoms with van der Waals surface area (Å²) in [5, 5.41) is 17.9. The van der Waals surface area contributed by atoms with Crippen LogP contribution in [0.5, 0.6) is 0 Å². The molecule has 42 heavy (non-hydrogen) atoms. The van der Waals surface area contributed by atoms with Crippen molar-refractivity contribution in [2.75, 3.05) is 24.7 Å². The summed E-state index contributed by atoms with van der Waals surface area (Å²) in [5.41, 5.74) is 1.00. The van der Waals surface area contributed by atoms with E-state index in [1.165, 1.54) is 23.7 Å². The minimum atomic E-state index is -1.000. The number of hydrogen-bond acceptors (Lipinski definition) is 7. The largest absolute Gasteiger partial charge is 0.462 e. The van der Waals surface area contributed by atoms with Crippen LogP contribution in [-0.2, 0) is 19.1 Å². The fraction of sp³-hybridized carbons (Fsp3) is 0.743. The molecule has 0 aliphatic rings. The van der Waals surface area contributed by atoms with E-state index in [0.717, 1.165) is 18.6 Å². The maximum Gasteiger partial charge on any atom is 0.315 e. The Morgan fingerprint density at radius 3 is 1.90 bits per heavy atom. The first-order valence-electron chi connectivity index (χ1n) is 15.5.